The van der Waals surface area contributed by atoms with Crippen LogP contribution in [0.3, 0.4) is 0 Å². The molecule has 3 fully saturated rings. The molecule has 92 valence electrons. The Morgan fingerprint density at radius 1 is 1.19 bits per heavy atom. The minimum atomic E-state index is 0.211. The molecule has 3 aliphatic rings. The van der Waals surface area contributed by atoms with Crippen LogP contribution in [0.15, 0.2) is 0 Å². The van der Waals surface area contributed by atoms with Gasteiger partial charge in [-0.3, -0.25) is 14.6 Å². The maximum absolute atomic E-state index is 12.2. The van der Waals surface area contributed by atoms with Gasteiger partial charge in [-0.1, -0.05) is 26.7 Å². The van der Waals surface area contributed by atoms with Crippen molar-refractivity contribution in [2.45, 2.75) is 39.2 Å². The van der Waals surface area contributed by atoms with Gasteiger partial charge in [-0.05, 0) is 5.92 Å². The number of fused-ring (bicyclic) bond motifs is 3. The predicted molar refractivity (Wildman–Crippen MR) is 65.5 cm³/mol. The van der Waals surface area contributed by atoms with E-state index in [0.29, 0.717) is 11.7 Å². The Labute approximate surface area is 98.8 Å². The van der Waals surface area contributed by atoms with Crippen molar-refractivity contribution in [1.29, 1.82) is 0 Å². The molecule has 0 radical (unpaired) electrons. The van der Waals surface area contributed by atoms with Gasteiger partial charge in [0, 0.05) is 39.1 Å². The van der Waals surface area contributed by atoms with Crippen LogP contribution in [0.5, 0.6) is 0 Å². The van der Waals surface area contributed by atoms with Crippen molar-refractivity contribution >= 4 is 5.78 Å². The van der Waals surface area contributed by atoms with Crippen molar-refractivity contribution in [3.05, 3.63) is 0 Å². The van der Waals surface area contributed by atoms with Gasteiger partial charge in [0.05, 0.1) is 6.04 Å². The Balaban J connectivity index is 1.89. The number of Topliss-reactive ketones (excluding diaryl/α,β-unsaturated/α-hetero) is 1. The Morgan fingerprint density at radius 3 is 2.25 bits per heavy atom. The molecule has 3 rings (SSSR count). The molecule has 0 aromatic rings. The molecule has 0 N–H and O–H groups in total. The first kappa shape index (κ1) is 12.1. The second-order valence-corrected chi connectivity index (χ2v) is 5.21. The number of hydrogen-bond acceptors (Lipinski definition) is 3. The first-order chi connectivity index (χ1) is 7.74. The van der Waals surface area contributed by atoms with Gasteiger partial charge in [-0.15, -0.1) is 0 Å². The minimum Gasteiger partial charge on any atom is -0.299 e. The summed E-state index contributed by atoms with van der Waals surface area (Å²) in [5, 5.41) is 0. The van der Waals surface area contributed by atoms with Gasteiger partial charge < -0.3 is 0 Å². The third kappa shape index (κ3) is 2.46. The largest absolute Gasteiger partial charge is 0.299 e. The van der Waals surface area contributed by atoms with Gasteiger partial charge in [0.15, 0.2) is 5.78 Å². The highest BCUT2D eigenvalue weighted by molar-refractivity contribution is 5.84. The fourth-order valence-electron chi connectivity index (χ4n) is 2.92. The summed E-state index contributed by atoms with van der Waals surface area (Å²) < 4.78 is 0. The lowest BCUT2D eigenvalue weighted by molar-refractivity contribution is -0.130. The zero-order valence-electron chi connectivity index (χ0n) is 10.6. The average Bonchev–Trinajstić information content (AvgIpc) is 2.37. The number of rotatable bonds is 5. The summed E-state index contributed by atoms with van der Waals surface area (Å²) in [5.41, 5.74) is 0. The minimum absolute atomic E-state index is 0.211. The average molecular weight is 224 g/mol. The second-order valence-electron chi connectivity index (χ2n) is 5.21. The number of ketones is 1. The normalized spacial score (nSPS) is 33.3. The van der Waals surface area contributed by atoms with Gasteiger partial charge in [0.2, 0.25) is 0 Å². The smallest absolute Gasteiger partial charge is 0.151 e. The molecule has 2 bridgehead atoms. The molecular formula is C13H24N2O. The van der Waals surface area contributed by atoms with Crippen LogP contribution in [-0.2, 0) is 4.79 Å². The molecule has 3 heteroatoms. The van der Waals surface area contributed by atoms with Crippen LogP contribution < -0.4 is 0 Å². The van der Waals surface area contributed by atoms with Gasteiger partial charge in [-0.25, -0.2) is 0 Å². The summed E-state index contributed by atoms with van der Waals surface area (Å²) in [4.78, 5) is 17.1. The maximum atomic E-state index is 12.2. The van der Waals surface area contributed by atoms with Crippen molar-refractivity contribution in [2.75, 3.05) is 32.7 Å². The van der Waals surface area contributed by atoms with Crippen LogP contribution in [0.4, 0.5) is 0 Å². The van der Waals surface area contributed by atoms with Crippen molar-refractivity contribution < 1.29 is 4.79 Å². The molecule has 0 saturated carbocycles. The lowest BCUT2D eigenvalue weighted by Crippen LogP contribution is -2.63. The van der Waals surface area contributed by atoms with Crippen LogP contribution >= 0.6 is 0 Å². The quantitative estimate of drug-likeness (QED) is 0.705. The summed E-state index contributed by atoms with van der Waals surface area (Å²) in [6.07, 6.45) is 3.07. The summed E-state index contributed by atoms with van der Waals surface area (Å²) >= 11 is 0. The van der Waals surface area contributed by atoms with Crippen LogP contribution in [0, 0.1) is 5.92 Å². The van der Waals surface area contributed by atoms with E-state index in [1.54, 1.807) is 0 Å². The van der Waals surface area contributed by atoms with E-state index in [-0.39, 0.29) is 6.04 Å². The maximum Gasteiger partial charge on any atom is 0.151 e. The van der Waals surface area contributed by atoms with Crippen LogP contribution in [0.25, 0.3) is 0 Å². The van der Waals surface area contributed by atoms with Crippen LogP contribution in [0.1, 0.15) is 33.1 Å². The van der Waals surface area contributed by atoms with Gasteiger partial charge >= 0.3 is 0 Å². The third-order valence-electron chi connectivity index (χ3n) is 4.30. The molecule has 0 aromatic heterocycles. The molecule has 16 heavy (non-hydrogen) atoms. The van der Waals surface area contributed by atoms with E-state index in [4.69, 9.17) is 0 Å². The van der Waals surface area contributed by atoms with Gasteiger partial charge in [0.25, 0.3) is 0 Å². The zero-order valence-corrected chi connectivity index (χ0v) is 10.6. The van der Waals surface area contributed by atoms with E-state index >= 15 is 0 Å². The molecule has 3 heterocycles. The van der Waals surface area contributed by atoms with Crippen LogP contribution in [-0.4, -0.2) is 54.3 Å². The topological polar surface area (TPSA) is 23.6 Å². The first-order valence-electron chi connectivity index (χ1n) is 6.73. The molecule has 3 nitrogen and oxygen atoms in total. The number of carbonyl (C=O) groups excluding carboxylic acids is 1. The van der Waals surface area contributed by atoms with Gasteiger partial charge in [0.1, 0.15) is 0 Å². The number of piperazine rings is 3. The highest BCUT2D eigenvalue weighted by Gasteiger charge is 2.36. The molecule has 0 aromatic carbocycles. The molecule has 1 unspecified atom stereocenters. The summed E-state index contributed by atoms with van der Waals surface area (Å²) in [5.74, 6) is 1.09. The fraction of sp³-hybridized carbons (Fsp3) is 0.923. The van der Waals surface area contributed by atoms with E-state index in [1.807, 2.05) is 0 Å². The molecule has 0 aliphatic carbocycles. The second kappa shape index (κ2) is 5.28. The predicted octanol–water partition coefficient (Wildman–Crippen LogP) is 1.38. The standard InChI is InChI=1S/C13H24N2O/c1-3-11(4-2)9-13(16)12-10-14-5-7-15(12)8-6-14/h11-12H,3-10H2,1-2H3. The molecular weight excluding hydrogens is 200 g/mol. The highest BCUT2D eigenvalue weighted by Crippen LogP contribution is 2.21. The molecule has 0 spiro atoms. The Kier molecular flexibility index (Phi) is 3.98. The van der Waals surface area contributed by atoms with E-state index < -0.39 is 0 Å². The van der Waals surface area contributed by atoms with Crippen molar-refractivity contribution in [1.82, 2.24) is 9.80 Å². The lowest BCUT2D eigenvalue weighted by Gasteiger charge is -2.46. The Bertz CT molecular complexity index is 242. The monoisotopic (exact) mass is 224 g/mol. The van der Waals surface area contributed by atoms with Crippen molar-refractivity contribution in [2.24, 2.45) is 5.92 Å². The van der Waals surface area contributed by atoms with E-state index in [9.17, 15) is 4.79 Å². The van der Waals surface area contributed by atoms with E-state index in [1.165, 1.54) is 0 Å². The van der Waals surface area contributed by atoms with E-state index in [2.05, 4.69) is 23.6 Å². The number of carbonyl (C=O) groups is 1. The molecule has 1 atom stereocenters. The fourth-order valence-corrected chi connectivity index (χ4v) is 2.92. The van der Waals surface area contributed by atoms with Crippen LogP contribution in [0.2, 0.25) is 0 Å². The Hall–Kier alpha value is -0.410. The third-order valence-corrected chi connectivity index (χ3v) is 4.30. The van der Waals surface area contributed by atoms with Crippen molar-refractivity contribution in [3.63, 3.8) is 0 Å². The number of nitrogens with zero attached hydrogens (tertiary/aromatic N) is 2. The Morgan fingerprint density at radius 2 is 1.81 bits per heavy atom. The molecule has 0 amide bonds. The van der Waals surface area contributed by atoms with Crippen molar-refractivity contribution in [3.8, 4) is 0 Å². The first-order valence-corrected chi connectivity index (χ1v) is 6.73. The van der Waals surface area contributed by atoms with E-state index in [0.717, 1.165) is 52.0 Å². The zero-order chi connectivity index (χ0) is 11.5. The summed E-state index contributed by atoms with van der Waals surface area (Å²) in [6, 6.07) is 0.211. The number of hydrogen-bond donors (Lipinski definition) is 0. The molecule has 3 aliphatic heterocycles. The molecule has 3 saturated heterocycles. The summed E-state index contributed by atoms with van der Waals surface area (Å²) in [6.45, 7) is 9.89. The SMILES string of the molecule is CCC(CC)CC(=O)C1CN2CCN1CC2. The highest BCUT2D eigenvalue weighted by atomic mass is 16.1. The summed E-state index contributed by atoms with van der Waals surface area (Å²) in [7, 11) is 0. The van der Waals surface area contributed by atoms with Gasteiger partial charge in [-0.2, -0.15) is 0 Å². The lowest BCUT2D eigenvalue weighted by atomic mass is 9.92.